The first-order valence-electron chi connectivity index (χ1n) is 11.7. The second kappa shape index (κ2) is 9.45. The van der Waals surface area contributed by atoms with Crippen molar-refractivity contribution in [1.82, 2.24) is 14.4 Å². The van der Waals surface area contributed by atoms with Gasteiger partial charge in [0.2, 0.25) is 0 Å². The number of piperidine rings is 1. The van der Waals surface area contributed by atoms with Gasteiger partial charge >= 0.3 is 0 Å². The molecule has 0 bridgehead atoms. The van der Waals surface area contributed by atoms with Crippen LogP contribution in [0, 0.1) is 11.8 Å². The Kier molecular flexibility index (Phi) is 6.74. The number of rotatable bonds is 7. The summed E-state index contributed by atoms with van der Waals surface area (Å²) < 4.78 is 2.57. The van der Waals surface area contributed by atoms with Gasteiger partial charge in [-0.05, 0) is 75.8 Å². The van der Waals surface area contributed by atoms with Gasteiger partial charge in [0.15, 0.2) is 0 Å². The lowest BCUT2D eigenvalue weighted by atomic mass is 9.89. The monoisotopic (exact) mass is 381 g/mol. The molecule has 2 fully saturated rings. The minimum Gasteiger partial charge on any atom is -0.347 e. The predicted octanol–water partition coefficient (Wildman–Crippen LogP) is 5.39. The smallest absolute Gasteiger partial charge is 0.0483 e. The van der Waals surface area contributed by atoms with Gasteiger partial charge in [0, 0.05) is 36.7 Å². The SMILES string of the molecule is CCN(Cc1cn(CC2CCCCC2)c2ccccc12)CC1CCN(C)CC1. The Morgan fingerprint density at radius 3 is 2.46 bits per heavy atom. The Morgan fingerprint density at radius 1 is 0.964 bits per heavy atom. The van der Waals surface area contributed by atoms with Crippen LogP contribution in [-0.2, 0) is 13.1 Å². The highest BCUT2D eigenvalue weighted by Crippen LogP contribution is 2.29. The molecule has 4 rings (SSSR count). The Hall–Kier alpha value is -1.32. The number of para-hydroxylation sites is 1. The highest BCUT2D eigenvalue weighted by atomic mass is 15.1. The van der Waals surface area contributed by atoms with Crippen molar-refractivity contribution in [2.75, 3.05) is 33.2 Å². The van der Waals surface area contributed by atoms with E-state index in [0.29, 0.717) is 0 Å². The van der Waals surface area contributed by atoms with Crippen molar-refractivity contribution >= 4 is 10.9 Å². The lowest BCUT2D eigenvalue weighted by Crippen LogP contribution is -2.36. The lowest BCUT2D eigenvalue weighted by molar-refractivity contribution is 0.160. The van der Waals surface area contributed by atoms with Gasteiger partial charge in [-0.25, -0.2) is 0 Å². The highest BCUT2D eigenvalue weighted by molar-refractivity contribution is 5.83. The number of nitrogens with zero attached hydrogens (tertiary/aromatic N) is 3. The molecule has 2 aromatic rings. The Bertz CT molecular complexity index is 735. The van der Waals surface area contributed by atoms with Gasteiger partial charge in [-0.2, -0.15) is 0 Å². The van der Waals surface area contributed by atoms with E-state index in [4.69, 9.17) is 0 Å². The van der Waals surface area contributed by atoms with Gasteiger partial charge in [0.1, 0.15) is 0 Å². The summed E-state index contributed by atoms with van der Waals surface area (Å²) in [5.41, 5.74) is 2.97. The molecule has 1 aromatic heterocycles. The van der Waals surface area contributed by atoms with Crippen LogP contribution in [0.4, 0.5) is 0 Å². The van der Waals surface area contributed by atoms with E-state index in [1.54, 1.807) is 0 Å². The van der Waals surface area contributed by atoms with Crippen molar-refractivity contribution in [3.05, 3.63) is 36.0 Å². The number of likely N-dealkylation sites (tertiary alicyclic amines) is 1. The number of hydrogen-bond donors (Lipinski definition) is 0. The average Bonchev–Trinajstić information content (AvgIpc) is 3.07. The molecule has 0 amide bonds. The van der Waals surface area contributed by atoms with Crippen LogP contribution in [0.3, 0.4) is 0 Å². The van der Waals surface area contributed by atoms with Crippen LogP contribution in [0.2, 0.25) is 0 Å². The zero-order valence-corrected chi connectivity index (χ0v) is 18.1. The van der Waals surface area contributed by atoms with Crippen LogP contribution in [0.25, 0.3) is 10.9 Å². The summed E-state index contributed by atoms with van der Waals surface area (Å²) in [5, 5.41) is 1.47. The van der Waals surface area contributed by atoms with E-state index < -0.39 is 0 Å². The molecule has 0 unspecified atom stereocenters. The summed E-state index contributed by atoms with van der Waals surface area (Å²) in [6, 6.07) is 9.09. The molecule has 1 aliphatic carbocycles. The molecule has 1 aliphatic heterocycles. The molecular weight excluding hydrogens is 342 g/mol. The van der Waals surface area contributed by atoms with Crippen molar-refractivity contribution in [3.8, 4) is 0 Å². The molecule has 1 saturated heterocycles. The maximum atomic E-state index is 2.68. The van der Waals surface area contributed by atoms with Crippen molar-refractivity contribution in [1.29, 1.82) is 0 Å². The highest BCUT2D eigenvalue weighted by Gasteiger charge is 2.21. The number of hydrogen-bond acceptors (Lipinski definition) is 2. The average molecular weight is 382 g/mol. The van der Waals surface area contributed by atoms with E-state index >= 15 is 0 Å². The maximum absolute atomic E-state index is 2.68. The third-order valence-corrected chi connectivity index (χ3v) is 7.25. The largest absolute Gasteiger partial charge is 0.347 e. The zero-order chi connectivity index (χ0) is 19.3. The molecule has 1 aromatic carbocycles. The fraction of sp³-hybridized carbons (Fsp3) is 0.680. The second-order valence-electron chi connectivity index (χ2n) is 9.40. The molecule has 28 heavy (non-hydrogen) atoms. The topological polar surface area (TPSA) is 11.4 Å². The predicted molar refractivity (Wildman–Crippen MR) is 120 cm³/mol. The summed E-state index contributed by atoms with van der Waals surface area (Å²) in [6.07, 6.45) is 12.3. The minimum absolute atomic E-state index is 0.867. The molecular formula is C25H39N3. The maximum Gasteiger partial charge on any atom is 0.0483 e. The number of benzene rings is 1. The molecule has 3 nitrogen and oxygen atoms in total. The van der Waals surface area contributed by atoms with E-state index in [-0.39, 0.29) is 0 Å². The van der Waals surface area contributed by atoms with Gasteiger partial charge < -0.3 is 9.47 Å². The standard InChI is InChI=1S/C25H39N3/c1-3-27(17-22-13-15-26(2)16-14-22)19-23-20-28(18-21-9-5-4-6-10-21)25-12-8-7-11-24(23)25/h7-8,11-12,20-22H,3-6,9-10,13-19H2,1-2H3. The first-order chi connectivity index (χ1) is 13.7. The quantitative estimate of drug-likeness (QED) is 0.637. The molecule has 0 spiro atoms. The van der Waals surface area contributed by atoms with Gasteiger partial charge in [-0.15, -0.1) is 0 Å². The molecule has 154 valence electrons. The lowest BCUT2D eigenvalue weighted by Gasteiger charge is -2.32. The summed E-state index contributed by atoms with van der Waals surface area (Å²) >= 11 is 0. The molecule has 0 radical (unpaired) electrons. The third kappa shape index (κ3) is 4.80. The third-order valence-electron chi connectivity index (χ3n) is 7.25. The summed E-state index contributed by atoms with van der Waals surface area (Å²) in [6.45, 7) is 9.57. The van der Waals surface area contributed by atoms with Crippen LogP contribution >= 0.6 is 0 Å². The van der Waals surface area contributed by atoms with Crippen molar-refractivity contribution in [2.45, 2.75) is 65.0 Å². The number of fused-ring (bicyclic) bond motifs is 1. The van der Waals surface area contributed by atoms with Gasteiger partial charge in [-0.1, -0.05) is 44.4 Å². The van der Waals surface area contributed by atoms with E-state index in [9.17, 15) is 0 Å². The molecule has 1 saturated carbocycles. The van der Waals surface area contributed by atoms with E-state index in [2.05, 4.69) is 58.8 Å². The summed E-state index contributed by atoms with van der Waals surface area (Å²) in [5.74, 6) is 1.74. The van der Waals surface area contributed by atoms with E-state index in [1.165, 1.54) is 87.6 Å². The summed E-state index contributed by atoms with van der Waals surface area (Å²) in [4.78, 5) is 5.16. The van der Waals surface area contributed by atoms with E-state index in [0.717, 1.165) is 24.9 Å². The first kappa shape index (κ1) is 20.0. The van der Waals surface area contributed by atoms with E-state index in [1.807, 2.05) is 0 Å². The molecule has 0 N–H and O–H groups in total. The van der Waals surface area contributed by atoms with Gasteiger partial charge in [0.05, 0.1) is 0 Å². The summed E-state index contributed by atoms with van der Waals surface area (Å²) in [7, 11) is 2.26. The minimum atomic E-state index is 0.867. The van der Waals surface area contributed by atoms with Crippen molar-refractivity contribution in [3.63, 3.8) is 0 Å². The van der Waals surface area contributed by atoms with Crippen LogP contribution < -0.4 is 0 Å². The fourth-order valence-electron chi connectivity index (χ4n) is 5.40. The van der Waals surface area contributed by atoms with Gasteiger partial charge in [-0.3, -0.25) is 4.90 Å². The molecule has 2 heterocycles. The molecule has 2 aliphatic rings. The number of aromatic nitrogens is 1. The first-order valence-corrected chi connectivity index (χ1v) is 11.7. The second-order valence-corrected chi connectivity index (χ2v) is 9.40. The van der Waals surface area contributed by atoms with Gasteiger partial charge in [0.25, 0.3) is 0 Å². The Morgan fingerprint density at radius 2 is 1.71 bits per heavy atom. The molecule has 3 heteroatoms. The Labute approximate surface area is 171 Å². The van der Waals surface area contributed by atoms with Crippen molar-refractivity contribution in [2.24, 2.45) is 11.8 Å². The Balaban J connectivity index is 1.47. The van der Waals surface area contributed by atoms with Crippen LogP contribution in [0.1, 0.15) is 57.4 Å². The molecule has 0 atom stereocenters. The zero-order valence-electron chi connectivity index (χ0n) is 18.1. The fourth-order valence-corrected chi connectivity index (χ4v) is 5.40. The van der Waals surface area contributed by atoms with Crippen LogP contribution in [0.15, 0.2) is 30.5 Å². The van der Waals surface area contributed by atoms with Crippen LogP contribution in [0.5, 0.6) is 0 Å². The van der Waals surface area contributed by atoms with Crippen LogP contribution in [-0.4, -0.2) is 47.6 Å². The van der Waals surface area contributed by atoms with Crippen molar-refractivity contribution < 1.29 is 0 Å². The normalized spacial score (nSPS) is 20.4.